The van der Waals surface area contributed by atoms with Crippen LogP contribution in [0.3, 0.4) is 0 Å². The van der Waals surface area contributed by atoms with Gasteiger partial charge < -0.3 is 9.73 Å². The third-order valence-electron chi connectivity index (χ3n) is 2.22. The average Bonchev–Trinajstić information content (AvgIpc) is 2.57. The predicted octanol–water partition coefficient (Wildman–Crippen LogP) is 3.21. The molecule has 1 heterocycles. The van der Waals surface area contributed by atoms with Crippen LogP contribution in [0.1, 0.15) is 31.6 Å². The standard InChI is InChI=1S/C12H21NOS/c1-10(2)13-6-4-8-15-9-12-11(3)5-7-14-12/h5,7,10,13H,4,6,8-9H2,1-3H3. The van der Waals surface area contributed by atoms with Crippen molar-refractivity contribution in [1.82, 2.24) is 5.32 Å². The van der Waals surface area contributed by atoms with Gasteiger partial charge in [-0.2, -0.15) is 11.8 Å². The highest BCUT2D eigenvalue weighted by Gasteiger charge is 2.01. The second-order valence-corrected chi connectivity index (χ2v) is 5.15. The number of thioether (sulfide) groups is 1. The van der Waals surface area contributed by atoms with Crippen molar-refractivity contribution in [1.29, 1.82) is 0 Å². The van der Waals surface area contributed by atoms with E-state index in [0.717, 1.165) is 18.1 Å². The zero-order chi connectivity index (χ0) is 11.1. The van der Waals surface area contributed by atoms with E-state index in [9.17, 15) is 0 Å². The molecule has 0 unspecified atom stereocenters. The maximum atomic E-state index is 5.37. The van der Waals surface area contributed by atoms with Crippen molar-refractivity contribution in [3.63, 3.8) is 0 Å². The maximum Gasteiger partial charge on any atom is 0.116 e. The Morgan fingerprint density at radius 1 is 1.47 bits per heavy atom. The minimum atomic E-state index is 0.599. The van der Waals surface area contributed by atoms with Crippen LogP contribution < -0.4 is 5.32 Å². The first-order valence-electron chi connectivity index (χ1n) is 5.54. The summed E-state index contributed by atoms with van der Waals surface area (Å²) in [6.07, 6.45) is 2.99. The Hall–Kier alpha value is -0.410. The summed E-state index contributed by atoms with van der Waals surface area (Å²) in [4.78, 5) is 0. The lowest BCUT2D eigenvalue weighted by atomic mass is 10.3. The van der Waals surface area contributed by atoms with Gasteiger partial charge in [-0.25, -0.2) is 0 Å². The highest BCUT2D eigenvalue weighted by molar-refractivity contribution is 7.98. The average molecular weight is 227 g/mol. The van der Waals surface area contributed by atoms with Crippen LogP contribution in [0.25, 0.3) is 0 Å². The number of aryl methyl sites for hydroxylation is 1. The molecule has 0 spiro atoms. The Bertz CT molecular complexity index is 270. The van der Waals surface area contributed by atoms with Crippen LogP contribution in [0.15, 0.2) is 16.7 Å². The van der Waals surface area contributed by atoms with Crippen LogP contribution in [-0.4, -0.2) is 18.3 Å². The number of hydrogen-bond donors (Lipinski definition) is 1. The largest absolute Gasteiger partial charge is 0.468 e. The molecule has 86 valence electrons. The van der Waals surface area contributed by atoms with Gasteiger partial charge >= 0.3 is 0 Å². The third kappa shape index (κ3) is 5.28. The molecule has 0 bridgehead atoms. The molecule has 1 rings (SSSR count). The summed E-state index contributed by atoms with van der Waals surface area (Å²) >= 11 is 1.94. The zero-order valence-electron chi connectivity index (χ0n) is 9.88. The quantitative estimate of drug-likeness (QED) is 0.724. The van der Waals surface area contributed by atoms with E-state index in [1.165, 1.54) is 17.7 Å². The normalized spacial score (nSPS) is 11.2. The van der Waals surface area contributed by atoms with E-state index in [2.05, 4.69) is 26.1 Å². The minimum Gasteiger partial charge on any atom is -0.468 e. The molecule has 1 aromatic rings. The van der Waals surface area contributed by atoms with Crippen molar-refractivity contribution in [2.75, 3.05) is 12.3 Å². The first-order chi connectivity index (χ1) is 7.20. The van der Waals surface area contributed by atoms with E-state index in [4.69, 9.17) is 4.42 Å². The minimum absolute atomic E-state index is 0.599. The summed E-state index contributed by atoms with van der Waals surface area (Å²) in [7, 11) is 0. The van der Waals surface area contributed by atoms with Gasteiger partial charge in [0.15, 0.2) is 0 Å². The molecule has 15 heavy (non-hydrogen) atoms. The Balaban J connectivity index is 2.00. The van der Waals surface area contributed by atoms with Gasteiger partial charge in [-0.05, 0) is 37.3 Å². The van der Waals surface area contributed by atoms with E-state index in [0.29, 0.717) is 6.04 Å². The van der Waals surface area contributed by atoms with E-state index in [-0.39, 0.29) is 0 Å². The molecule has 1 aromatic heterocycles. The molecule has 0 fully saturated rings. The molecule has 0 aliphatic rings. The van der Waals surface area contributed by atoms with E-state index < -0.39 is 0 Å². The van der Waals surface area contributed by atoms with Crippen molar-refractivity contribution >= 4 is 11.8 Å². The van der Waals surface area contributed by atoms with E-state index in [1.54, 1.807) is 6.26 Å². The molecular weight excluding hydrogens is 206 g/mol. The molecule has 0 atom stereocenters. The lowest BCUT2D eigenvalue weighted by Crippen LogP contribution is -2.23. The fourth-order valence-corrected chi connectivity index (χ4v) is 2.26. The highest BCUT2D eigenvalue weighted by atomic mass is 32.2. The molecule has 0 amide bonds. The number of furan rings is 1. The maximum absolute atomic E-state index is 5.37. The van der Waals surface area contributed by atoms with Gasteiger partial charge in [-0.1, -0.05) is 13.8 Å². The molecule has 3 heteroatoms. The molecule has 1 N–H and O–H groups in total. The Morgan fingerprint density at radius 2 is 2.27 bits per heavy atom. The van der Waals surface area contributed by atoms with Crippen LogP contribution in [0.4, 0.5) is 0 Å². The topological polar surface area (TPSA) is 25.2 Å². The van der Waals surface area contributed by atoms with Crippen molar-refractivity contribution in [2.24, 2.45) is 0 Å². The number of hydrogen-bond acceptors (Lipinski definition) is 3. The van der Waals surface area contributed by atoms with Crippen molar-refractivity contribution < 1.29 is 4.42 Å². The molecule has 0 saturated heterocycles. The fraction of sp³-hybridized carbons (Fsp3) is 0.667. The van der Waals surface area contributed by atoms with Crippen molar-refractivity contribution in [3.8, 4) is 0 Å². The highest BCUT2D eigenvalue weighted by Crippen LogP contribution is 2.17. The summed E-state index contributed by atoms with van der Waals surface area (Å²) in [5.74, 6) is 3.32. The molecule has 0 aliphatic carbocycles. The Labute approximate surface area is 96.8 Å². The van der Waals surface area contributed by atoms with Crippen molar-refractivity contribution in [2.45, 2.75) is 39.0 Å². The molecule has 0 radical (unpaired) electrons. The van der Waals surface area contributed by atoms with Crippen LogP contribution in [0.5, 0.6) is 0 Å². The van der Waals surface area contributed by atoms with Crippen LogP contribution in [0.2, 0.25) is 0 Å². The SMILES string of the molecule is Cc1ccoc1CSCCCNC(C)C. The summed E-state index contributed by atoms with van der Waals surface area (Å²) < 4.78 is 5.37. The summed E-state index contributed by atoms with van der Waals surface area (Å²) in [6, 6.07) is 2.62. The van der Waals surface area contributed by atoms with Crippen LogP contribution in [0, 0.1) is 6.92 Å². The molecular formula is C12H21NOS. The Morgan fingerprint density at radius 3 is 2.87 bits per heavy atom. The summed E-state index contributed by atoms with van der Waals surface area (Å²) in [5, 5.41) is 3.41. The van der Waals surface area contributed by atoms with Gasteiger partial charge in [0, 0.05) is 6.04 Å². The second-order valence-electron chi connectivity index (χ2n) is 4.04. The van der Waals surface area contributed by atoms with Gasteiger partial charge in [-0.3, -0.25) is 0 Å². The van der Waals surface area contributed by atoms with Gasteiger partial charge in [0.1, 0.15) is 5.76 Å². The van der Waals surface area contributed by atoms with Crippen LogP contribution in [-0.2, 0) is 5.75 Å². The second kappa shape index (κ2) is 6.96. The Kier molecular flexibility index (Phi) is 5.88. The molecule has 0 aromatic carbocycles. The fourth-order valence-electron chi connectivity index (χ4n) is 1.28. The first-order valence-corrected chi connectivity index (χ1v) is 6.69. The first kappa shape index (κ1) is 12.7. The molecule has 2 nitrogen and oxygen atoms in total. The number of nitrogens with one attached hydrogen (secondary N) is 1. The third-order valence-corrected chi connectivity index (χ3v) is 3.26. The number of rotatable bonds is 7. The van der Waals surface area contributed by atoms with E-state index >= 15 is 0 Å². The van der Waals surface area contributed by atoms with Gasteiger partial charge in [0.2, 0.25) is 0 Å². The zero-order valence-corrected chi connectivity index (χ0v) is 10.7. The molecule has 0 saturated carbocycles. The van der Waals surface area contributed by atoms with Gasteiger partial charge in [-0.15, -0.1) is 0 Å². The smallest absolute Gasteiger partial charge is 0.116 e. The van der Waals surface area contributed by atoms with Crippen molar-refractivity contribution in [3.05, 3.63) is 23.7 Å². The summed E-state index contributed by atoms with van der Waals surface area (Å²) in [5.41, 5.74) is 1.27. The van der Waals surface area contributed by atoms with Crippen LogP contribution >= 0.6 is 11.8 Å². The lowest BCUT2D eigenvalue weighted by Gasteiger charge is -2.06. The lowest BCUT2D eigenvalue weighted by molar-refractivity contribution is 0.527. The summed E-state index contributed by atoms with van der Waals surface area (Å²) in [6.45, 7) is 7.57. The predicted molar refractivity (Wildman–Crippen MR) is 67.4 cm³/mol. The van der Waals surface area contributed by atoms with Gasteiger partial charge in [0.25, 0.3) is 0 Å². The molecule has 0 aliphatic heterocycles. The van der Waals surface area contributed by atoms with Gasteiger partial charge in [0.05, 0.1) is 12.0 Å². The monoisotopic (exact) mass is 227 g/mol. The van der Waals surface area contributed by atoms with E-state index in [1.807, 2.05) is 17.8 Å².